The second kappa shape index (κ2) is 5.83. The Bertz CT molecular complexity index is 409. The molecule has 0 aliphatic carbocycles. The van der Waals surface area contributed by atoms with Crippen LogP contribution in [0, 0.1) is 0 Å². The molecule has 110 valence electrons. The van der Waals surface area contributed by atoms with E-state index < -0.39 is 23.8 Å². The SMILES string of the molecule is CCCOCC(C)(N)c1noc(C(F)(F)C(F)F)n1. The average molecular weight is 285 g/mol. The zero-order valence-electron chi connectivity index (χ0n) is 10.5. The Morgan fingerprint density at radius 3 is 2.58 bits per heavy atom. The van der Waals surface area contributed by atoms with Gasteiger partial charge in [-0.25, -0.2) is 8.78 Å². The molecule has 9 heteroatoms. The fourth-order valence-corrected chi connectivity index (χ4v) is 1.18. The number of alkyl halides is 4. The van der Waals surface area contributed by atoms with Crippen LogP contribution >= 0.6 is 0 Å². The van der Waals surface area contributed by atoms with E-state index in [2.05, 4.69) is 14.7 Å². The van der Waals surface area contributed by atoms with Gasteiger partial charge in [-0.15, -0.1) is 0 Å². The van der Waals surface area contributed by atoms with Crippen LogP contribution in [-0.4, -0.2) is 29.8 Å². The van der Waals surface area contributed by atoms with E-state index in [0.29, 0.717) is 6.61 Å². The van der Waals surface area contributed by atoms with Crippen molar-refractivity contribution in [3.05, 3.63) is 11.7 Å². The minimum Gasteiger partial charge on any atom is -0.379 e. The predicted octanol–water partition coefficient (Wildman–Crippen LogP) is 2.03. The normalized spacial score (nSPS) is 15.8. The molecule has 1 aromatic heterocycles. The van der Waals surface area contributed by atoms with Gasteiger partial charge in [-0.3, -0.25) is 0 Å². The standard InChI is InChI=1S/C10H15F4N3O2/c1-3-4-18-5-9(2,15)7-16-8(19-17-7)10(13,14)6(11)12/h6H,3-5,15H2,1-2H3. The molecule has 5 nitrogen and oxygen atoms in total. The molecule has 19 heavy (non-hydrogen) atoms. The third kappa shape index (κ3) is 3.63. The molecule has 0 saturated carbocycles. The number of nitrogens with two attached hydrogens (primary N) is 1. The lowest BCUT2D eigenvalue weighted by Crippen LogP contribution is -2.39. The summed E-state index contributed by atoms with van der Waals surface area (Å²) < 4.78 is 59.5. The van der Waals surface area contributed by atoms with Crippen molar-refractivity contribution in [1.29, 1.82) is 0 Å². The van der Waals surface area contributed by atoms with Crippen LogP contribution in [0.25, 0.3) is 0 Å². The molecule has 1 atom stereocenters. The first-order valence-corrected chi connectivity index (χ1v) is 5.59. The fourth-order valence-electron chi connectivity index (χ4n) is 1.18. The van der Waals surface area contributed by atoms with Gasteiger partial charge < -0.3 is 15.0 Å². The molecule has 0 aromatic carbocycles. The molecule has 0 bridgehead atoms. The molecule has 2 N–H and O–H groups in total. The van der Waals surface area contributed by atoms with Crippen molar-refractivity contribution >= 4 is 0 Å². The van der Waals surface area contributed by atoms with Gasteiger partial charge in [0, 0.05) is 6.61 Å². The van der Waals surface area contributed by atoms with E-state index in [1.165, 1.54) is 6.92 Å². The summed E-state index contributed by atoms with van der Waals surface area (Å²) >= 11 is 0. The maximum atomic E-state index is 13.0. The van der Waals surface area contributed by atoms with Gasteiger partial charge in [0.2, 0.25) is 0 Å². The Kier molecular flexibility index (Phi) is 4.86. The van der Waals surface area contributed by atoms with Crippen LogP contribution in [0.2, 0.25) is 0 Å². The number of aromatic nitrogens is 2. The number of hydrogen-bond donors (Lipinski definition) is 1. The molecular weight excluding hydrogens is 270 g/mol. The molecule has 0 radical (unpaired) electrons. The fraction of sp³-hybridized carbons (Fsp3) is 0.800. The van der Waals surface area contributed by atoms with Gasteiger partial charge in [-0.2, -0.15) is 13.8 Å². The zero-order chi connectivity index (χ0) is 14.7. The van der Waals surface area contributed by atoms with Crippen molar-refractivity contribution in [2.24, 2.45) is 5.73 Å². The summed E-state index contributed by atoms with van der Waals surface area (Å²) in [4.78, 5) is 3.24. The predicted molar refractivity (Wildman–Crippen MR) is 56.8 cm³/mol. The molecule has 1 unspecified atom stereocenters. The third-order valence-corrected chi connectivity index (χ3v) is 2.25. The van der Waals surface area contributed by atoms with Crippen LogP contribution in [0.1, 0.15) is 32.0 Å². The van der Waals surface area contributed by atoms with Crippen LogP contribution in [-0.2, 0) is 16.2 Å². The van der Waals surface area contributed by atoms with Gasteiger partial charge >= 0.3 is 18.2 Å². The van der Waals surface area contributed by atoms with Crippen molar-refractivity contribution in [1.82, 2.24) is 10.1 Å². The molecule has 1 heterocycles. The van der Waals surface area contributed by atoms with Crippen LogP contribution in [0.15, 0.2) is 4.52 Å². The average Bonchev–Trinajstić information content (AvgIpc) is 2.79. The first-order valence-electron chi connectivity index (χ1n) is 5.59. The Morgan fingerprint density at radius 2 is 2.05 bits per heavy atom. The van der Waals surface area contributed by atoms with E-state index in [-0.39, 0.29) is 12.4 Å². The molecule has 1 aromatic rings. The van der Waals surface area contributed by atoms with Gasteiger partial charge in [-0.05, 0) is 13.3 Å². The van der Waals surface area contributed by atoms with E-state index in [0.717, 1.165) is 6.42 Å². The lowest BCUT2D eigenvalue weighted by atomic mass is 10.1. The Balaban J connectivity index is 2.84. The molecule has 1 rings (SSSR count). The number of rotatable bonds is 7. The van der Waals surface area contributed by atoms with E-state index in [9.17, 15) is 17.6 Å². The summed E-state index contributed by atoms with van der Waals surface area (Å²) in [6, 6.07) is 0. The second-order valence-corrected chi connectivity index (χ2v) is 4.32. The number of ether oxygens (including phenoxy) is 1. The van der Waals surface area contributed by atoms with Crippen molar-refractivity contribution in [3.63, 3.8) is 0 Å². The van der Waals surface area contributed by atoms with Gasteiger partial charge in [0.15, 0.2) is 5.82 Å². The summed E-state index contributed by atoms with van der Waals surface area (Å²) in [6.07, 6.45) is -3.18. The molecule has 0 saturated heterocycles. The minimum atomic E-state index is -4.49. The first-order chi connectivity index (χ1) is 8.71. The zero-order valence-corrected chi connectivity index (χ0v) is 10.5. The highest BCUT2D eigenvalue weighted by Crippen LogP contribution is 2.33. The third-order valence-electron chi connectivity index (χ3n) is 2.25. The summed E-state index contributed by atoms with van der Waals surface area (Å²) in [5.74, 6) is -6.25. The lowest BCUT2D eigenvalue weighted by Gasteiger charge is -2.20. The Labute approximate surface area is 107 Å². The molecule has 0 spiro atoms. The minimum absolute atomic E-state index is 0.0416. The molecule has 0 aliphatic heterocycles. The highest BCUT2D eigenvalue weighted by Gasteiger charge is 2.49. The van der Waals surface area contributed by atoms with Crippen LogP contribution < -0.4 is 5.73 Å². The van der Waals surface area contributed by atoms with E-state index >= 15 is 0 Å². The second-order valence-electron chi connectivity index (χ2n) is 4.32. The van der Waals surface area contributed by atoms with Gasteiger partial charge in [0.25, 0.3) is 0 Å². The van der Waals surface area contributed by atoms with Crippen molar-refractivity contribution in [2.75, 3.05) is 13.2 Å². The number of hydrogen-bond acceptors (Lipinski definition) is 5. The quantitative estimate of drug-likeness (QED) is 0.613. The van der Waals surface area contributed by atoms with E-state index in [1.807, 2.05) is 6.92 Å². The van der Waals surface area contributed by atoms with Gasteiger partial charge in [0.1, 0.15) is 5.54 Å². The highest BCUT2D eigenvalue weighted by atomic mass is 19.3. The molecule has 0 fully saturated rings. The number of nitrogens with zero attached hydrogens (tertiary/aromatic N) is 2. The van der Waals surface area contributed by atoms with Crippen molar-refractivity contribution in [2.45, 2.75) is 38.2 Å². The topological polar surface area (TPSA) is 74.2 Å². The van der Waals surface area contributed by atoms with Gasteiger partial charge in [-0.1, -0.05) is 12.1 Å². The Hall–Kier alpha value is -1.22. The van der Waals surface area contributed by atoms with Gasteiger partial charge in [0.05, 0.1) is 6.61 Å². The van der Waals surface area contributed by atoms with E-state index in [1.54, 1.807) is 0 Å². The molecule has 0 amide bonds. The summed E-state index contributed by atoms with van der Waals surface area (Å²) in [5, 5.41) is 3.21. The summed E-state index contributed by atoms with van der Waals surface area (Å²) in [7, 11) is 0. The first kappa shape index (κ1) is 15.8. The maximum absolute atomic E-state index is 13.0. The Morgan fingerprint density at radius 1 is 1.42 bits per heavy atom. The summed E-state index contributed by atoms with van der Waals surface area (Å²) in [5.41, 5.74) is 4.47. The largest absolute Gasteiger partial charge is 0.383 e. The maximum Gasteiger partial charge on any atom is 0.383 e. The van der Waals surface area contributed by atoms with Crippen LogP contribution in [0.4, 0.5) is 17.6 Å². The summed E-state index contributed by atoms with van der Waals surface area (Å²) in [6.45, 7) is 3.69. The van der Waals surface area contributed by atoms with Crippen LogP contribution in [0.5, 0.6) is 0 Å². The van der Waals surface area contributed by atoms with Crippen molar-refractivity contribution in [3.8, 4) is 0 Å². The lowest BCUT2D eigenvalue weighted by molar-refractivity contribution is -0.152. The molecule has 0 aliphatic rings. The number of halogens is 4. The monoisotopic (exact) mass is 285 g/mol. The molecular formula is C10H15F4N3O2. The van der Waals surface area contributed by atoms with E-state index in [4.69, 9.17) is 10.5 Å². The smallest absolute Gasteiger partial charge is 0.379 e. The highest BCUT2D eigenvalue weighted by molar-refractivity contribution is 5.04. The van der Waals surface area contributed by atoms with Crippen LogP contribution in [0.3, 0.4) is 0 Å². The van der Waals surface area contributed by atoms with Crippen molar-refractivity contribution < 1.29 is 26.8 Å².